The van der Waals surface area contributed by atoms with E-state index in [2.05, 4.69) is 59.5 Å². The molecule has 0 radical (unpaired) electrons. The van der Waals surface area contributed by atoms with Crippen LogP contribution in [-0.4, -0.2) is 28.9 Å². The predicted octanol–water partition coefficient (Wildman–Crippen LogP) is 4.96. The van der Waals surface area contributed by atoms with Gasteiger partial charge in [-0.05, 0) is 67.0 Å². The van der Waals surface area contributed by atoms with Crippen LogP contribution >= 0.6 is 15.9 Å². The van der Waals surface area contributed by atoms with Gasteiger partial charge in [0.05, 0.1) is 34.1 Å². The molecule has 1 aromatic rings. The summed E-state index contributed by atoms with van der Waals surface area (Å²) in [6.45, 7) is 17.4. The van der Waals surface area contributed by atoms with E-state index in [1.807, 2.05) is 32.9 Å². The van der Waals surface area contributed by atoms with Crippen LogP contribution in [0.25, 0.3) is 0 Å². The fourth-order valence-corrected chi connectivity index (χ4v) is 3.64. The Hall–Kier alpha value is -0.0831. The minimum atomic E-state index is -1.88. The fraction of sp³-hybridized carbons (Fsp3) is 0.706. The molecular weight excluding hydrogens is 404 g/mol. The number of hydrogen-bond acceptors (Lipinski definition) is 3. The van der Waals surface area contributed by atoms with Gasteiger partial charge in [0.15, 0.2) is 8.32 Å². The Kier molecular flexibility index (Phi) is 7.39. The van der Waals surface area contributed by atoms with Crippen molar-refractivity contribution in [3.05, 3.63) is 28.5 Å². The molecule has 0 aliphatic rings. The van der Waals surface area contributed by atoms with E-state index in [1.54, 1.807) is 6.20 Å². The lowest BCUT2D eigenvalue weighted by Gasteiger charge is -2.37. The molecule has 1 heterocycles. The molecule has 2 atom stereocenters. The van der Waals surface area contributed by atoms with Crippen molar-refractivity contribution in [2.45, 2.75) is 70.5 Å². The molecule has 0 saturated heterocycles. The van der Waals surface area contributed by atoms with E-state index in [-0.39, 0.29) is 15.8 Å². The smallest absolute Gasteiger partial charge is 0.192 e. The van der Waals surface area contributed by atoms with Crippen molar-refractivity contribution in [2.75, 3.05) is 6.61 Å². The maximum atomic E-state index is 12.6. The first kappa shape index (κ1) is 22.0. The van der Waals surface area contributed by atoms with E-state index in [4.69, 9.17) is 4.43 Å². The summed E-state index contributed by atoms with van der Waals surface area (Å²) in [5.41, 5.74) is 0.842. The molecule has 4 nitrogen and oxygen atoms in total. The van der Waals surface area contributed by atoms with E-state index in [9.17, 15) is 4.21 Å². The zero-order chi connectivity index (χ0) is 18.8. The van der Waals surface area contributed by atoms with Crippen LogP contribution in [0.3, 0.4) is 0 Å². The Morgan fingerprint density at radius 1 is 1.25 bits per heavy atom. The van der Waals surface area contributed by atoms with E-state index < -0.39 is 19.3 Å². The molecular formula is C17H31BrN2O2SSi. The van der Waals surface area contributed by atoms with Gasteiger partial charge in [-0.15, -0.1) is 0 Å². The van der Waals surface area contributed by atoms with Crippen LogP contribution in [-0.2, 0) is 15.4 Å². The van der Waals surface area contributed by atoms with Crippen LogP contribution in [0.5, 0.6) is 0 Å². The Morgan fingerprint density at radius 3 is 2.25 bits per heavy atom. The quantitative estimate of drug-likeness (QED) is 0.643. The topological polar surface area (TPSA) is 51.2 Å². The van der Waals surface area contributed by atoms with Gasteiger partial charge < -0.3 is 4.43 Å². The van der Waals surface area contributed by atoms with Gasteiger partial charge in [-0.25, -0.2) is 8.93 Å². The van der Waals surface area contributed by atoms with Crippen molar-refractivity contribution >= 4 is 35.2 Å². The third kappa shape index (κ3) is 6.33. The van der Waals surface area contributed by atoms with Crippen molar-refractivity contribution in [3.63, 3.8) is 0 Å². The third-order valence-electron chi connectivity index (χ3n) is 4.33. The SMILES string of the molecule is CC(C)(C)S(=O)NC(CO[Si](C)(C)C(C)(C)C)c1ccc(Br)cn1. The summed E-state index contributed by atoms with van der Waals surface area (Å²) in [6.07, 6.45) is 1.76. The van der Waals surface area contributed by atoms with Gasteiger partial charge in [0.2, 0.25) is 0 Å². The molecule has 24 heavy (non-hydrogen) atoms. The second kappa shape index (κ2) is 8.08. The number of rotatable bonds is 6. The first-order chi connectivity index (χ1) is 10.7. The van der Waals surface area contributed by atoms with Gasteiger partial charge in [0, 0.05) is 10.7 Å². The van der Waals surface area contributed by atoms with Crippen molar-refractivity contribution in [3.8, 4) is 0 Å². The van der Waals surface area contributed by atoms with Gasteiger partial charge in [0.25, 0.3) is 0 Å². The highest BCUT2D eigenvalue weighted by molar-refractivity contribution is 9.10. The van der Waals surface area contributed by atoms with Crippen molar-refractivity contribution < 1.29 is 8.63 Å². The molecule has 2 unspecified atom stereocenters. The van der Waals surface area contributed by atoms with Crippen LogP contribution in [0.2, 0.25) is 18.1 Å². The lowest BCUT2D eigenvalue weighted by atomic mass is 10.2. The molecule has 1 aromatic heterocycles. The lowest BCUT2D eigenvalue weighted by molar-refractivity contribution is 0.255. The second-order valence-electron chi connectivity index (χ2n) is 8.52. The number of pyridine rings is 1. The molecule has 7 heteroatoms. The van der Waals surface area contributed by atoms with Crippen molar-refractivity contribution in [2.24, 2.45) is 0 Å². The fourth-order valence-electron chi connectivity index (χ4n) is 1.59. The molecule has 0 aliphatic heterocycles. The van der Waals surface area contributed by atoms with Gasteiger partial charge in [-0.3, -0.25) is 4.98 Å². The summed E-state index contributed by atoms with van der Waals surface area (Å²) in [4.78, 5) is 4.47. The molecule has 0 spiro atoms. The Labute approximate surface area is 159 Å². The van der Waals surface area contributed by atoms with Crippen LogP contribution in [0, 0.1) is 0 Å². The van der Waals surface area contributed by atoms with E-state index in [0.29, 0.717) is 6.61 Å². The maximum Gasteiger partial charge on any atom is 0.192 e. The number of nitrogens with one attached hydrogen (secondary N) is 1. The molecule has 0 aliphatic carbocycles. The predicted molar refractivity (Wildman–Crippen MR) is 109 cm³/mol. The summed E-state index contributed by atoms with van der Waals surface area (Å²) in [5, 5.41) is 0.133. The largest absolute Gasteiger partial charge is 0.415 e. The minimum Gasteiger partial charge on any atom is -0.415 e. The molecule has 0 aromatic carbocycles. The highest BCUT2D eigenvalue weighted by Gasteiger charge is 2.38. The van der Waals surface area contributed by atoms with Gasteiger partial charge >= 0.3 is 0 Å². The third-order valence-corrected chi connectivity index (χ3v) is 10.9. The van der Waals surface area contributed by atoms with Gasteiger partial charge in [-0.1, -0.05) is 20.8 Å². The maximum absolute atomic E-state index is 12.6. The number of aromatic nitrogens is 1. The zero-order valence-electron chi connectivity index (χ0n) is 16.1. The van der Waals surface area contributed by atoms with Gasteiger partial charge in [0.1, 0.15) is 0 Å². The van der Waals surface area contributed by atoms with Crippen molar-refractivity contribution in [1.82, 2.24) is 9.71 Å². The summed E-state index contributed by atoms with van der Waals surface area (Å²) >= 11 is 3.41. The van der Waals surface area contributed by atoms with E-state index in [0.717, 1.165) is 10.2 Å². The normalized spacial score (nSPS) is 16.0. The lowest BCUT2D eigenvalue weighted by Crippen LogP contribution is -2.44. The number of nitrogens with zero attached hydrogens (tertiary/aromatic N) is 1. The second-order valence-corrected chi connectivity index (χ2v) is 16.2. The first-order valence-electron chi connectivity index (χ1n) is 8.17. The highest BCUT2D eigenvalue weighted by atomic mass is 79.9. The van der Waals surface area contributed by atoms with Crippen LogP contribution in [0.15, 0.2) is 22.8 Å². The highest BCUT2D eigenvalue weighted by Crippen LogP contribution is 2.37. The van der Waals surface area contributed by atoms with Crippen molar-refractivity contribution in [1.29, 1.82) is 0 Å². The molecule has 138 valence electrons. The molecule has 0 saturated carbocycles. The Balaban J connectivity index is 2.98. The standard InChI is InChI=1S/C17H31BrN2O2SSi/c1-16(2,3)23(21)20-15(14-10-9-13(18)11-19-14)12-22-24(7,8)17(4,5)6/h9-11,15,20H,12H2,1-8H3. The summed E-state index contributed by atoms with van der Waals surface area (Å²) in [5.74, 6) is 0. The summed E-state index contributed by atoms with van der Waals surface area (Å²) in [7, 11) is -3.07. The van der Waals surface area contributed by atoms with Crippen LogP contribution < -0.4 is 4.72 Å². The molecule has 0 fully saturated rings. The molecule has 0 amide bonds. The summed E-state index contributed by atoms with van der Waals surface area (Å²) < 4.78 is 22.7. The summed E-state index contributed by atoms with van der Waals surface area (Å²) in [6, 6.07) is 3.69. The van der Waals surface area contributed by atoms with Gasteiger partial charge in [-0.2, -0.15) is 0 Å². The average molecular weight is 436 g/mol. The molecule has 1 rings (SSSR count). The molecule has 0 bridgehead atoms. The van der Waals surface area contributed by atoms with Crippen LogP contribution in [0.4, 0.5) is 0 Å². The zero-order valence-corrected chi connectivity index (χ0v) is 19.5. The monoisotopic (exact) mass is 434 g/mol. The van der Waals surface area contributed by atoms with E-state index >= 15 is 0 Å². The minimum absolute atomic E-state index is 0.133. The average Bonchev–Trinajstić information content (AvgIpc) is 2.42. The Bertz CT molecular complexity index is 565. The van der Waals surface area contributed by atoms with Crippen LogP contribution in [0.1, 0.15) is 53.3 Å². The number of hydrogen-bond donors (Lipinski definition) is 1. The number of halogens is 1. The van der Waals surface area contributed by atoms with E-state index in [1.165, 1.54) is 0 Å². The molecule has 1 N–H and O–H groups in total. The Morgan fingerprint density at radius 2 is 1.83 bits per heavy atom. The first-order valence-corrected chi connectivity index (χ1v) is 13.0.